The zero-order valence-electron chi connectivity index (χ0n) is 19.5. The number of aliphatic hydroxyl groups excluding tert-OH is 1. The van der Waals surface area contributed by atoms with Gasteiger partial charge in [-0.2, -0.15) is 13.2 Å². The number of halogens is 3. The zero-order chi connectivity index (χ0) is 26.0. The molecule has 0 saturated carbocycles. The van der Waals surface area contributed by atoms with Crippen LogP contribution < -0.4 is 16.0 Å². The molecule has 4 rings (SSSR count). The summed E-state index contributed by atoms with van der Waals surface area (Å²) < 4.78 is 42.5. The van der Waals surface area contributed by atoms with Gasteiger partial charge in [-0.05, 0) is 57.1 Å². The van der Waals surface area contributed by atoms with Crippen molar-refractivity contribution in [2.45, 2.75) is 25.9 Å². The first kappa shape index (κ1) is 25.5. The van der Waals surface area contributed by atoms with Crippen molar-refractivity contribution >= 4 is 40.7 Å². The SMILES string of the molecule is Cc1[nH]c(/C=C2\C(=O)Nc3ccc(NC(=O)CO)cc32)c(C(F)(F)F)c1C(=O)NCCN1CCCC1. The second-order valence-corrected chi connectivity index (χ2v) is 8.69. The molecule has 0 aliphatic carbocycles. The average Bonchev–Trinajstić information content (AvgIpc) is 3.52. The number of H-pyrrole nitrogens is 1. The number of likely N-dealkylation sites (tertiary alicyclic amines) is 1. The van der Waals surface area contributed by atoms with Crippen molar-refractivity contribution in [2.75, 3.05) is 43.4 Å². The molecule has 36 heavy (non-hydrogen) atoms. The number of aryl methyl sites for hydroxylation is 1. The maximum absolute atomic E-state index is 14.2. The Morgan fingerprint density at radius 3 is 2.61 bits per heavy atom. The summed E-state index contributed by atoms with van der Waals surface area (Å²) >= 11 is 0. The normalized spacial score (nSPS) is 16.8. The van der Waals surface area contributed by atoms with Crippen LogP contribution in [0.25, 0.3) is 11.6 Å². The third kappa shape index (κ3) is 5.29. The number of fused-ring (bicyclic) bond motifs is 1. The minimum Gasteiger partial charge on any atom is -0.387 e. The average molecular weight is 505 g/mol. The van der Waals surface area contributed by atoms with Gasteiger partial charge in [0, 0.05) is 35.7 Å². The minimum absolute atomic E-state index is 0.0236. The Labute approximate surface area is 204 Å². The topological polar surface area (TPSA) is 127 Å². The third-order valence-electron chi connectivity index (χ3n) is 6.16. The van der Waals surface area contributed by atoms with Gasteiger partial charge >= 0.3 is 6.18 Å². The number of hydrogen-bond acceptors (Lipinski definition) is 5. The predicted molar refractivity (Wildman–Crippen MR) is 127 cm³/mol. The Kier molecular flexibility index (Phi) is 7.18. The predicted octanol–water partition coefficient (Wildman–Crippen LogP) is 2.59. The molecule has 9 nitrogen and oxygen atoms in total. The van der Waals surface area contributed by atoms with Crippen molar-refractivity contribution in [2.24, 2.45) is 0 Å². The van der Waals surface area contributed by atoms with E-state index in [2.05, 4.69) is 25.8 Å². The van der Waals surface area contributed by atoms with Gasteiger partial charge in [-0.3, -0.25) is 14.4 Å². The lowest BCUT2D eigenvalue weighted by Crippen LogP contribution is -2.34. The van der Waals surface area contributed by atoms with Crippen LogP contribution in [0.4, 0.5) is 24.5 Å². The number of amides is 3. The van der Waals surface area contributed by atoms with Crippen LogP contribution in [0.1, 0.15) is 45.7 Å². The van der Waals surface area contributed by atoms with Crippen molar-refractivity contribution in [1.82, 2.24) is 15.2 Å². The van der Waals surface area contributed by atoms with Crippen LogP contribution in [0.2, 0.25) is 0 Å². The highest BCUT2D eigenvalue weighted by molar-refractivity contribution is 6.35. The molecule has 0 bridgehead atoms. The fourth-order valence-electron chi connectivity index (χ4n) is 4.51. The van der Waals surface area contributed by atoms with Crippen LogP contribution in [0.5, 0.6) is 0 Å². The van der Waals surface area contributed by atoms with E-state index in [9.17, 15) is 27.6 Å². The number of nitrogens with one attached hydrogen (secondary N) is 4. The first-order valence-corrected chi connectivity index (χ1v) is 11.5. The highest BCUT2D eigenvalue weighted by Gasteiger charge is 2.41. The Bertz CT molecular complexity index is 1230. The second kappa shape index (κ2) is 10.2. The Morgan fingerprint density at radius 2 is 1.94 bits per heavy atom. The molecule has 12 heteroatoms. The highest BCUT2D eigenvalue weighted by Crippen LogP contribution is 2.40. The van der Waals surface area contributed by atoms with Gasteiger partial charge < -0.3 is 30.9 Å². The molecular weight excluding hydrogens is 479 g/mol. The molecule has 192 valence electrons. The standard InChI is InChI=1S/C24H26F3N5O4/c1-13-20(23(36)28-6-9-32-7-2-3-8-32)21(24(25,26)27)18(29-13)11-16-15-10-14(30-19(34)12-33)4-5-17(15)31-22(16)35/h4-5,10-11,29,33H,2-3,6-9,12H2,1H3,(H,28,36)(H,30,34)(H,31,35)/b16-11-. The molecule has 0 spiro atoms. The van der Waals surface area contributed by atoms with E-state index in [-0.39, 0.29) is 29.1 Å². The van der Waals surface area contributed by atoms with Crippen molar-refractivity contribution in [1.29, 1.82) is 0 Å². The molecule has 1 aromatic carbocycles. The molecule has 1 fully saturated rings. The number of carbonyl (C=O) groups is 3. The lowest BCUT2D eigenvalue weighted by Gasteiger charge is -2.15. The summed E-state index contributed by atoms with van der Waals surface area (Å²) in [6, 6.07) is 4.40. The first-order chi connectivity index (χ1) is 17.1. The van der Waals surface area contributed by atoms with Gasteiger partial charge in [-0.1, -0.05) is 0 Å². The smallest absolute Gasteiger partial charge is 0.387 e. The van der Waals surface area contributed by atoms with Gasteiger partial charge in [0.2, 0.25) is 5.91 Å². The number of aromatic amines is 1. The van der Waals surface area contributed by atoms with E-state index < -0.39 is 47.3 Å². The molecule has 3 heterocycles. The molecule has 1 saturated heterocycles. The molecule has 0 unspecified atom stereocenters. The number of hydrogen-bond donors (Lipinski definition) is 5. The van der Waals surface area contributed by atoms with Crippen LogP contribution in [-0.2, 0) is 15.8 Å². The lowest BCUT2D eigenvalue weighted by atomic mass is 10.0. The largest absolute Gasteiger partial charge is 0.419 e. The van der Waals surface area contributed by atoms with E-state index in [0.29, 0.717) is 12.2 Å². The quantitative estimate of drug-likeness (QED) is 0.370. The monoisotopic (exact) mass is 505 g/mol. The molecule has 1 aromatic heterocycles. The Balaban J connectivity index is 1.66. The number of nitrogens with zero attached hydrogens (tertiary/aromatic N) is 1. The van der Waals surface area contributed by atoms with Gasteiger partial charge in [0.25, 0.3) is 11.8 Å². The number of benzene rings is 1. The molecule has 0 radical (unpaired) electrons. The number of carbonyl (C=O) groups excluding carboxylic acids is 3. The van der Waals surface area contributed by atoms with Crippen LogP contribution in [-0.4, -0.2) is 65.5 Å². The van der Waals surface area contributed by atoms with Crippen molar-refractivity contribution < 1.29 is 32.7 Å². The second-order valence-electron chi connectivity index (χ2n) is 8.69. The minimum atomic E-state index is -4.87. The van der Waals surface area contributed by atoms with Gasteiger partial charge in [-0.25, -0.2) is 0 Å². The van der Waals surface area contributed by atoms with Crippen molar-refractivity contribution in [3.8, 4) is 0 Å². The maximum atomic E-state index is 14.2. The van der Waals surface area contributed by atoms with E-state index in [1.54, 1.807) is 0 Å². The Morgan fingerprint density at radius 1 is 1.22 bits per heavy atom. The highest BCUT2D eigenvalue weighted by atomic mass is 19.4. The van der Waals surface area contributed by atoms with E-state index in [4.69, 9.17) is 5.11 Å². The fraction of sp³-hybridized carbons (Fsp3) is 0.375. The number of aromatic nitrogens is 1. The molecule has 2 aliphatic heterocycles. The van der Waals surface area contributed by atoms with Crippen LogP contribution in [0.3, 0.4) is 0 Å². The summed E-state index contributed by atoms with van der Waals surface area (Å²) in [5, 5.41) is 16.5. The molecule has 2 aromatic rings. The fourth-order valence-corrected chi connectivity index (χ4v) is 4.51. The number of rotatable bonds is 7. The summed E-state index contributed by atoms with van der Waals surface area (Å²) in [7, 11) is 0. The van der Waals surface area contributed by atoms with E-state index in [1.165, 1.54) is 25.1 Å². The molecule has 2 aliphatic rings. The Hall–Kier alpha value is -3.64. The van der Waals surface area contributed by atoms with E-state index >= 15 is 0 Å². The summed E-state index contributed by atoms with van der Waals surface area (Å²) in [5.74, 6) is -2.16. The summed E-state index contributed by atoms with van der Waals surface area (Å²) in [5.41, 5.74) is -1.26. The van der Waals surface area contributed by atoms with Crippen LogP contribution >= 0.6 is 0 Å². The zero-order valence-corrected chi connectivity index (χ0v) is 19.5. The van der Waals surface area contributed by atoms with Crippen molar-refractivity contribution in [3.63, 3.8) is 0 Å². The van der Waals surface area contributed by atoms with Gasteiger partial charge in [0.1, 0.15) is 6.61 Å². The number of alkyl halides is 3. The third-order valence-corrected chi connectivity index (χ3v) is 6.16. The summed E-state index contributed by atoms with van der Waals surface area (Å²) in [4.78, 5) is 41.6. The number of anilines is 2. The van der Waals surface area contributed by atoms with Gasteiger partial charge in [0.15, 0.2) is 0 Å². The molecule has 3 amide bonds. The van der Waals surface area contributed by atoms with Crippen LogP contribution in [0.15, 0.2) is 18.2 Å². The first-order valence-electron chi connectivity index (χ1n) is 11.5. The number of aliphatic hydroxyl groups is 1. The maximum Gasteiger partial charge on any atom is 0.419 e. The van der Waals surface area contributed by atoms with E-state index in [1.807, 2.05) is 0 Å². The molecule has 0 atom stereocenters. The van der Waals surface area contributed by atoms with Crippen LogP contribution in [0, 0.1) is 6.92 Å². The summed E-state index contributed by atoms with van der Waals surface area (Å²) in [6.45, 7) is 3.20. The molecular formula is C24H26F3N5O4. The molecule has 5 N–H and O–H groups in total. The van der Waals surface area contributed by atoms with E-state index in [0.717, 1.165) is 32.0 Å². The summed E-state index contributed by atoms with van der Waals surface area (Å²) in [6.07, 6.45) is -1.69. The van der Waals surface area contributed by atoms with Gasteiger partial charge in [0.05, 0.1) is 22.4 Å². The van der Waals surface area contributed by atoms with Gasteiger partial charge in [-0.15, -0.1) is 0 Å². The lowest BCUT2D eigenvalue weighted by molar-refractivity contribution is -0.138. The van der Waals surface area contributed by atoms with Crippen molar-refractivity contribution in [3.05, 3.63) is 46.3 Å².